The fraction of sp³-hybridized carbons (Fsp3) is 0.353. The molecule has 118 valence electrons. The number of fused-ring (bicyclic) bond motifs is 2. The Labute approximate surface area is 133 Å². The predicted molar refractivity (Wildman–Crippen MR) is 88.9 cm³/mol. The SMILES string of the molecule is Cc1cn2c(n1)CCC(Nc1cc(=O)n3cccc(C)c3n1)C2. The summed E-state index contributed by atoms with van der Waals surface area (Å²) >= 11 is 0. The summed E-state index contributed by atoms with van der Waals surface area (Å²) in [5.74, 6) is 1.79. The van der Waals surface area contributed by atoms with Crippen LogP contribution in [0.3, 0.4) is 0 Å². The Morgan fingerprint density at radius 1 is 1.30 bits per heavy atom. The van der Waals surface area contributed by atoms with Gasteiger partial charge in [-0.3, -0.25) is 9.20 Å². The van der Waals surface area contributed by atoms with Gasteiger partial charge in [-0.25, -0.2) is 9.97 Å². The molecule has 0 bridgehead atoms. The van der Waals surface area contributed by atoms with Crippen molar-refractivity contribution in [3.05, 3.63) is 58.0 Å². The van der Waals surface area contributed by atoms with E-state index in [1.807, 2.05) is 26.0 Å². The quantitative estimate of drug-likeness (QED) is 0.785. The van der Waals surface area contributed by atoms with Gasteiger partial charge >= 0.3 is 0 Å². The number of pyridine rings is 1. The summed E-state index contributed by atoms with van der Waals surface area (Å²) in [5, 5.41) is 3.42. The van der Waals surface area contributed by atoms with Crippen LogP contribution < -0.4 is 10.9 Å². The molecule has 1 unspecified atom stereocenters. The number of nitrogens with one attached hydrogen (secondary N) is 1. The fourth-order valence-electron chi connectivity index (χ4n) is 3.25. The van der Waals surface area contributed by atoms with Gasteiger partial charge in [0.2, 0.25) is 0 Å². The molecular formula is C17H19N5O. The van der Waals surface area contributed by atoms with E-state index < -0.39 is 0 Å². The number of hydrogen-bond acceptors (Lipinski definition) is 4. The summed E-state index contributed by atoms with van der Waals surface area (Å²) in [6, 6.07) is 5.66. The highest BCUT2D eigenvalue weighted by Gasteiger charge is 2.20. The molecule has 0 fully saturated rings. The first-order valence-corrected chi connectivity index (χ1v) is 7.88. The number of anilines is 1. The fourth-order valence-corrected chi connectivity index (χ4v) is 3.25. The van der Waals surface area contributed by atoms with Gasteiger partial charge in [0.05, 0.1) is 5.69 Å². The molecule has 4 rings (SSSR count). The van der Waals surface area contributed by atoms with Gasteiger partial charge < -0.3 is 9.88 Å². The average molecular weight is 309 g/mol. The third kappa shape index (κ3) is 2.50. The summed E-state index contributed by atoms with van der Waals surface area (Å²) in [5.41, 5.74) is 2.69. The molecule has 0 aromatic carbocycles. The van der Waals surface area contributed by atoms with Crippen LogP contribution in [0.2, 0.25) is 0 Å². The second kappa shape index (κ2) is 5.22. The van der Waals surface area contributed by atoms with Crippen molar-refractivity contribution in [2.45, 2.75) is 39.3 Å². The van der Waals surface area contributed by atoms with Gasteiger partial charge in [0.1, 0.15) is 17.3 Å². The van der Waals surface area contributed by atoms with Crippen molar-refractivity contribution < 1.29 is 0 Å². The lowest BCUT2D eigenvalue weighted by molar-refractivity contribution is 0.475. The topological polar surface area (TPSA) is 64.2 Å². The van der Waals surface area contributed by atoms with Crippen molar-refractivity contribution in [2.75, 3.05) is 5.32 Å². The zero-order valence-corrected chi connectivity index (χ0v) is 13.3. The van der Waals surface area contributed by atoms with Gasteiger partial charge in [0.25, 0.3) is 5.56 Å². The first-order valence-electron chi connectivity index (χ1n) is 7.88. The van der Waals surface area contributed by atoms with Crippen molar-refractivity contribution >= 4 is 11.5 Å². The van der Waals surface area contributed by atoms with E-state index in [9.17, 15) is 4.79 Å². The van der Waals surface area contributed by atoms with Crippen molar-refractivity contribution in [2.24, 2.45) is 0 Å². The normalized spacial score (nSPS) is 17.2. The number of nitrogens with zero attached hydrogens (tertiary/aromatic N) is 4. The first-order chi connectivity index (χ1) is 11.1. The molecule has 0 saturated carbocycles. The summed E-state index contributed by atoms with van der Waals surface area (Å²) < 4.78 is 3.77. The van der Waals surface area contributed by atoms with E-state index >= 15 is 0 Å². The van der Waals surface area contributed by atoms with Gasteiger partial charge in [-0.2, -0.15) is 0 Å². The van der Waals surface area contributed by atoms with Gasteiger partial charge in [-0.05, 0) is 31.9 Å². The van der Waals surface area contributed by atoms with E-state index in [4.69, 9.17) is 0 Å². The third-order valence-electron chi connectivity index (χ3n) is 4.35. The van der Waals surface area contributed by atoms with Crippen molar-refractivity contribution in [1.82, 2.24) is 18.9 Å². The maximum atomic E-state index is 12.3. The largest absolute Gasteiger partial charge is 0.365 e. The second-order valence-electron chi connectivity index (χ2n) is 6.20. The number of hydrogen-bond donors (Lipinski definition) is 1. The molecule has 1 atom stereocenters. The van der Waals surface area contributed by atoms with Crippen LogP contribution in [0.25, 0.3) is 5.65 Å². The first kappa shape index (κ1) is 14.0. The minimum Gasteiger partial charge on any atom is -0.365 e. The van der Waals surface area contributed by atoms with Crippen LogP contribution in [0.4, 0.5) is 5.82 Å². The third-order valence-corrected chi connectivity index (χ3v) is 4.35. The smallest absolute Gasteiger partial charge is 0.259 e. The highest BCUT2D eigenvalue weighted by molar-refractivity contribution is 5.52. The molecule has 0 aliphatic carbocycles. The van der Waals surface area contributed by atoms with E-state index in [-0.39, 0.29) is 11.6 Å². The van der Waals surface area contributed by atoms with Crippen LogP contribution in [0.1, 0.15) is 23.5 Å². The van der Waals surface area contributed by atoms with Crippen LogP contribution in [-0.2, 0) is 13.0 Å². The highest BCUT2D eigenvalue weighted by Crippen LogP contribution is 2.18. The zero-order valence-electron chi connectivity index (χ0n) is 13.3. The van der Waals surface area contributed by atoms with E-state index in [0.717, 1.165) is 36.5 Å². The maximum Gasteiger partial charge on any atom is 0.259 e. The van der Waals surface area contributed by atoms with Gasteiger partial charge in [0.15, 0.2) is 0 Å². The molecule has 23 heavy (non-hydrogen) atoms. The van der Waals surface area contributed by atoms with Crippen molar-refractivity contribution in [3.63, 3.8) is 0 Å². The van der Waals surface area contributed by atoms with E-state index in [1.54, 1.807) is 16.7 Å². The standard InChI is InChI=1S/C17H19N5O/c1-11-4-3-7-22-16(23)8-14(20-17(11)22)19-13-5-6-15-18-12(2)9-21(15)10-13/h3-4,7-9,13,19H,5-6,10H2,1-2H3. The molecule has 6 heteroatoms. The monoisotopic (exact) mass is 309 g/mol. The lowest BCUT2D eigenvalue weighted by atomic mass is 10.1. The Morgan fingerprint density at radius 2 is 2.17 bits per heavy atom. The van der Waals surface area contributed by atoms with Crippen LogP contribution in [0.15, 0.2) is 35.4 Å². The minimum absolute atomic E-state index is 0.0591. The number of imidazole rings is 1. The summed E-state index contributed by atoms with van der Waals surface area (Å²) in [6.07, 6.45) is 5.76. The Bertz CT molecular complexity index is 940. The molecule has 0 amide bonds. The lowest BCUT2D eigenvalue weighted by Gasteiger charge is -2.25. The van der Waals surface area contributed by atoms with Gasteiger partial charge in [-0.1, -0.05) is 6.07 Å². The average Bonchev–Trinajstić information content (AvgIpc) is 2.88. The number of aromatic nitrogens is 4. The molecule has 3 aromatic rings. The molecule has 4 heterocycles. The molecule has 6 nitrogen and oxygen atoms in total. The Kier molecular flexibility index (Phi) is 3.18. The molecule has 0 radical (unpaired) electrons. The molecule has 0 saturated heterocycles. The van der Waals surface area contributed by atoms with Gasteiger partial charge in [0, 0.05) is 37.5 Å². The van der Waals surface area contributed by atoms with E-state index in [1.165, 1.54) is 0 Å². The van der Waals surface area contributed by atoms with Crippen LogP contribution >= 0.6 is 0 Å². The number of aryl methyl sites for hydroxylation is 3. The Balaban J connectivity index is 1.64. The molecule has 3 aromatic heterocycles. The van der Waals surface area contributed by atoms with Crippen molar-refractivity contribution in [3.8, 4) is 0 Å². The van der Waals surface area contributed by atoms with Crippen LogP contribution in [0.5, 0.6) is 0 Å². The van der Waals surface area contributed by atoms with Gasteiger partial charge in [-0.15, -0.1) is 0 Å². The van der Waals surface area contributed by atoms with Crippen LogP contribution in [-0.4, -0.2) is 25.0 Å². The molecule has 1 aliphatic rings. The molecule has 1 N–H and O–H groups in total. The summed E-state index contributed by atoms with van der Waals surface area (Å²) in [7, 11) is 0. The van der Waals surface area contributed by atoms with E-state index in [0.29, 0.717) is 11.5 Å². The van der Waals surface area contributed by atoms with E-state index in [2.05, 4.69) is 26.0 Å². The second-order valence-corrected chi connectivity index (χ2v) is 6.20. The Hall–Kier alpha value is -2.63. The van der Waals surface area contributed by atoms with Crippen molar-refractivity contribution in [1.29, 1.82) is 0 Å². The summed E-state index contributed by atoms with van der Waals surface area (Å²) in [4.78, 5) is 21.4. The molecular weight excluding hydrogens is 290 g/mol. The molecule has 1 aliphatic heterocycles. The molecule has 0 spiro atoms. The minimum atomic E-state index is -0.0591. The zero-order chi connectivity index (χ0) is 16.0. The Morgan fingerprint density at radius 3 is 3.04 bits per heavy atom. The maximum absolute atomic E-state index is 12.3. The lowest BCUT2D eigenvalue weighted by Crippen LogP contribution is -2.32. The summed E-state index contributed by atoms with van der Waals surface area (Å²) in [6.45, 7) is 4.83. The number of rotatable bonds is 2. The highest BCUT2D eigenvalue weighted by atomic mass is 16.1. The van der Waals surface area contributed by atoms with Crippen LogP contribution in [0, 0.1) is 13.8 Å². The predicted octanol–water partition coefficient (Wildman–Crippen LogP) is 1.93.